The summed E-state index contributed by atoms with van der Waals surface area (Å²) in [6.45, 7) is 1.92. The van der Waals surface area contributed by atoms with E-state index in [2.05, 4.69) is 10.3 Å². The normalized spacial score (nSPS) is 10.8. The van der Waals surface area contributed by atoms with Crippen molar-refractivity contribution in [2.24, 2.45) is 0 Å². The van der Waals surface area contributed by atoms with Crippen LogP contribution < -0.4 is 10.1 Å². The molecule has 1 aromatic heterocycles. The molecule has 0 saturated carbocycles. The Hall–Kier alpha value is -3.31. The number of aryl methyl sites for hydroxylation is 1. The van der Waals surface area contributed by atoms with Gasteiger partial charge >= 0.3 is 0 Å². The lowest BCUT2D eigenvalue weighted by Crippen LogP contribution is -2.20. The van der Waals surface area contributed by atoms with Crippen molar-refractivity contribution in [3.63, 3.8) is 0 Å². The minimum atomic E-state index is -0.249. The molecule has 0 spiro atoms. The molecule has 0 radical (unpaired) electrons. The number of aromatic nitrogens is 1. The monoisotopic (exact) mass is 392 g/mol. The Labute approximate surface area is 166 Å². The van der Waals surface area contributed by atoms with E-state index < -0.39 is 0 Å². The molecule has 0 saturated heterocycles. The zero-order valence-corrected chi connectivity index (χ0v) is 15.9. The maximum atomic E-state index is 12.2. The fourth-order valence-electron chi connectivity index (χ4n) is 2.70. The van der Waals surface area contributed by atoms with Crippen LogP contribution in [-0.2, 0) is 4.79 Å². The molecule has 0 bridgehead atoms. The van der Waals surface area contributed by atoms with Crippen LogP contribution in [0.1, 0.15) is 5.56 Å². The van der Waals surface area contributed by atoms with Gasteiger partial charge in [0, 0.05) is 16.3 Å². The van der Waals surface area contributed by atoms with E-state index in [4.69, 9.17) is 20.8 Å². The maximum Gasteiger partial charge on any atom is 0.262 e. The lowest BCUT2D eigenvalue weighted by atomic mass is 10.2. The number of fused-ring (bicyclic) bond motifs is 1. The Morgan fingerprint density at radius 2 is 1.82 bits per heavy atom. The van der Waals surface area contributed by atoms with Crippen molar-refractivity contribution in [1.29, 1.82) is 0 Å². The summed E-state index contributed by atoms with van der Waals surface area (Å²) in [6, 6.07) is 20.1. The minimum Gasteiger partial charge on any atom is -0.484 e. The number of nitrogens with one attached hydrogen (secondary N) is 1. The Morgan fingerprint density at radius 1 is 1.07 bits per heavy atom. The average Bonchev–Trinajstić information content (AvgIpc) is 3.11. The van der Waals surface area contributed by atoms with Gasteiger partial charge < -0.3 is 14.5 Å². The van der Waals surface area contributed by atoms with Crippen LogP contribution in [0.4, 0.5) is 5.69 Å². The zero-order valence-electron chi connectivity index (χ0n) is 15.1. The highest BCUT2D eigenvalue weighted by molar-refractivity contribution is 6.30. The number of rotatable bonds is 5. The fraction of sp³-hybridized carbons (Fsp3) is 0.0909. The van der Waals surface area contributed by atoms with Gasteiger partial charge in [-0.3, -0.25) is 4.79 Å². The van der Waals surface area contributed by atoms with Crippen molar-refractivity contribution < 1.29 is 13.9 Å². The summed E-state index contributed by atoms with van der Waals surface area (Å²) in [6.07, 6.45) is 0. The summed E-state index contributed by atoms with van der Waals surface area (Å²) in [5.74, 6) is 0.902. The molecule has 28 heavy (non-hydrogen) atoms. The van der Waals surface area contributed by atoms with E-state index in [-0.39, 0.29) is 12.5 Å². The Balaban J connectivity index is 1.44. The van der Waals surface area contributed by atoms with Crippen molar-refractivity contribution in [3.8, 4) is 17.2 Å². The van der Waals surface area contributed by atoms with E-state index in [1.54, 1.807) is 30.3 Å². The van der Waals surface area contributed by atoms with Crippen molar-refractivity contribution in [2.75, 3.05) is 11.9 Å². The second-order valence-corrected chi connectivity index (χ2v) is 6.79. The molecule has 4 rings (SSSR count). The average molecular weight is 393 g/mol. The molecule has 4 aromatic rings. The third-order valence-corrected chi connectivity index (χ3v) is 4.41. The van der Waals surface area contributed by atoms with Crippen LogP contribution in [0.25, 0.3) is 22.6 Å². The molecule has 3 aromatic carbocycles. The second-order valence-electron chi connectivity index (χ2n) is 6.36. The molecule has 5 nitrogen and oxygen atoms in total. The molecule has 1 heterocycles. The number of anilines is 1. The van der Waals surface area contributed by atoms with E-state index >= 15 is 0 Å². The van der Waals surface area contributed by atoms with Crippen molar-refractivity contribution in [3.05, 3.63) is 77.3 Å². The van der Waals surface area contributed by atoms with Crippen LogP contribution in [0.3, 0.4) is 0 Å². The standard InChI is InChI=1S/C22H17ClN2O3/c1-14-2-9-18(10-3-14)27-13-21(26)24-17-8-11-20-19(12-17)25-22(28-20)15-4-6-16(23)7-5-15/h2-12H,13H2,1H3,(H,24,26). The summed E-state index contributed by atoms with van der Waals surface area (Å²) >= 11 is 5.92. The molecule has 1 amide bonds. The molecule has 0 aliphatic rings. The number of benzene rings is 3. The van der Waals surface area contributed by atoms with Gasteiger partial charge in [-0.2, -0.15) is 0 Å². The van der Waals surface area contributed by atoms with Gasteiger partial charge in [0.1, 0.15) is 11.3 Å². The first kappa shape index (κ1) is 18.1. The third kappa shape index (κ3) is 4.15. The Morgan fingerprint density at radius 3 is 2.57 bits per heavy atom. The number of ether oxygens (including phenoxy) is 1. The number of hydrogen-bond donors (Lipinski definition) is 1. The lowest BCUT2D eigenvalue weighted by Gasteiger charge is -2.07. The SMILES string of the molecule is Cc1ccc(OCC(=O)Nc2ccc3oc(-c4ccc(Cl)cc4)nc3c2)cc1. The first-order valence-electron chi connectivity index (χ1n) is 8.73. The predicted octanol–water partition coefficient (Wildman–Crippen LogP) is 5.47. The van der Waals surface area contributed by atoms with E-state index in [1.165, 1.54) is 0 Å². The van der Waals surface area contributed by atoms with Crippen molar-refractivity contribution in [1.82, 2.24) is 4.98 Å². The summed E-state index contributed by atoms with van der Waals surface area (Å²) in [4.78, 5) is 16.6. The highest BCUT2D eigenvalue weighted by Crippen LogP contribution is 2.27. The van der Waals surface area contributed by atoms with Crippen molar-refractivity contribution >= 4 is 34.3 Å². The van der Waals surface area contributed by atoms with E-state index in [0.717, 1.165) is 11.1 Å². The van der Waals surface area contributed by atoms with Gasteiger partial charge in [0.25, 0.3) is 5.91 Å². The van der Waals surface area contributed by atoms with Gasteiger partial charge in [0.05, 0.1) is 0 Å². The van der Waals surface area contributed by atoms with E-state index in [0.29, 0.717) is 33.4 Å². The van der Waals surface area contributed by atoms with Gasteiger partial charge in [-0.15, -0.1) is 0 Å². The predicted molar refractivity (Wildman–Crippen MR) is 110 cm³/mol. The Bertz CT molecular complexity index is 1120. The zero-order chi connectivity index (χ0) is 19.5. The number of carbonyl (C=O) groups is 1. The largest absolute Gasteiger partial charge is 0.484 e. The molecule has 140 valence electrons. The number of oxazole rings is 1. The lowest BCUT2D eigenvalue weighted by molar-refractivity contribution is -0.118. The van der Waals surface area contributed by atoms with Crippen LogP contribution in [0.15, 0.2) is 71.1 Å². The number of halogens is 1. The third-order valence-electron chi connectivity index (χ3n) is 4.15. The topological polar surface area (TPSA) is 64.4 Å². The molecule has 0 aliphatic carbocycles. The molecular formula is C22H17ClN2O3. The van der Waals surface area contributed by atoms with Gasteiger partial charge in [-0.25, -0.2) is 4.98 Å². The van der Waals surface area contributed by atoms with Crippen LogP contribution in [0.2, 0.25) is 5.02 Å². The smallest absolute Gasteiger partial charge is 0.262 e. The molecule has 0 aliphatic heterocycles. The minimum absolute atomic E-state index is 0.0735. The maximum absolute atomic E-state index is 12.2. The number of carbonyl (C=O) groups excluding carboxylic acids is 1. The van der Waals surface area contributed by atoms with Crippen LogP contribution in [0, 0.1) is 6.92 Å². The molecule has 6 heteroatoms. The second kappa shape index (κ2) is 7.74. The summed E-state index contributed by atoms with van der Waals surface area (Å²) < 4.78 is 11.3. The summed E-state index contributed by atoms with van der Waals surface area (Å²) in [7, 11) is 0. The highest BCUT2D eigenvalue weighted by atomic mass is 35.5. The molecular weight excluding hydrogens is 376 g/mol. The quantitative estimate of drug-likeness (QED) is 0.488. The van der Waals surface area contributed by atoms with Crippen LogP contribution in [0.5, 0.6) is 5.75 Å². The van der Waals surface area contributed by atoms with Gasteiger partial charge in [-0.1, -0.05) is 29.3 Å². The number of hydrogen-bond acceptors (Lipinski definition) is 4. The first-order chi connectivity index (χ1) is 13.6. The van der Waals surface area contributed by atoms with Crippen molar-refractivity contribution in [2.45, 2.75) is 6.92 Å². The number of nitrogens with zero attached hydrogens (tertiary/aromatic N) is 1. The van der Waals surface area contributed by atoms with E-state index in [9.17, 15) is 4.79 Å². The summed E-state index contributed by atoms with van der Waals surface area (Å²) in [5, 5.41) is 3.46. The first-order valence-corrected chi connectivity index (χ1v) is 9.10. The van der Waals surface area contributed by atoms with E-state index in [1.807, 2.05) is 43.3 Å². The molecule has 0 atom stereocenters. The number of amides is 1. The molecule has 1 N–H and O–H groups in total. The molecule has 0 fully saturated rings. The van der Waals surface area contributed by atoms with Gasteiger partial charge in [0.2, 0.25) is 5.89 Å². The van der Waals surface area contributed by atoms with Crippen LogP contribution >= 0.6 is 11.6 Å². The summed E-state index contributed by atoms with van der Waals surface area (Å²) in [5.41, 5.74) is 3.88. The highest BCUT2D eigenvalue weighted by Gasteiger charge is 2.10. The molecule has 0 unspecified atom stereocenters. The fourth-order valence-corrected chi connectivity index (χ4v) is 2.83. The van der Waals surface area contributed by atoms with Crippen LogP contribution in [-0.4, -0.2) is 17.5 Å². The van der Waals surface area contributed by atoms with Gasteiger partial charge in [0.15, 0.2) is 12.2 Å². The van der Waals surface area contributed by atoms with Gasteiger partial charge in [-0.05, 0) is 61.5 Å². The Kier molecular flexibility index (Phi) is 5.00.